The molecule has 1 aromatic rings. The van der Waals surface area contributed by atoms with Gasteiger partial charge in [0.1, 0.15) is 18.2 Å². The van der Waals surface area contributed by atoms with Gasteiger partial charge in [-0.05, 0) is 30.9 Å². The predicted octanol–water partition coefficient (Wildman–Crippen LogP) is 3.18. The molecule has 2 nitrogen and oxygen atoms in total. The lowest BCUT2D eigenvalue weighted by Gasteiger charge is -2.13. The number of aliphatic hydroxyl groups excluding tert-OH is 1. The number of aliphatic hydroxyl groups is 1. The molecule has 0 spiro atoms. The maximum atomic E-state index is 13.7. The zero-order chi connectivity index (χ0) is 12.7. The molecule has 17 heavy (non-hydrogen) atoms. The lowest BCUT2D eigenvalue weighted by atomic mass is 9.98. The van der Waals surface area contributed by atoms with Crippen molar-refractivity contribution in [1.29, 1.82) is 0 Å². The Labute approximate surface area is 102 Å². The molecule has 1 atom stereocenters. The minimum absolute atomic E-state index is 0.0542. The van der Waals surface area contributed by atoms with Gasteiger partial charge in [-0.2, -0.15) is 0 Å². The first-order chi connectivity index (χ1) is 8.19. The van der Waals surface area contributed by atoms with Gasteiger partial charge in [-0.25, -0.2) is 4.39 Å². The summed E-state index contributed by atoms with van der Waals surface area (Å²) in [5.74, 6) is 0.923. The van der Waals surface area contributed by atoms with Gasteiger partial charge < -0.3 is 9.84 Å². The largest absolute Gasteiger partial charge is 0.491 e. The zero-order valence-corrected chi connectivity index (χ0v) is 10.6. The van der Waals surface area contributed by atoms with Gasteiger partial charge in [0, 0.05) is 5.56 Å². The molecule has 0 fully saturated rings. The second-order valence-electron chi connectivity index (χ2n) is 4.34. The van der Waals surface area contributed by atoms with Crippen LogP contribution < -0.4 is 4.74 Å². The number of ether oxygens (including phenoxy) is 1. The van der Waals surface area contributed by atoms with Gasteiger partial charge in [0.15, 0.2) is 0 Å². The van der Waals surface area contributed by atoms with E-state index in [1.165, 1.54) is 6.07 Å². The van der Waals surface area contributed by atoms with E-state index in [2.05, 4.69) is 13.8 Å². The highest BCUT2D eigenvalue weighted by Gasteiger charge is 2.10. The molecule has 1 aromatic carbocycles. The van der Waals surface area contributed by atoms with Crippen molar-refractivity contribution >= 4 is 0 Å². The Balaban J connectivity index is 2.72. The van der Waals surface area contributed by atoms with Crippen molar-refractivity contribution in [3.8, 4) is 5.75 Å². The number of halogens is 1. The number of hydrogen-bond acceptors (Lipinski definition) is 2. The second-order valence-corrected chi connectivity index (χ2v) is 4.34. The van der Waals surface area contributed by atoms with Crippen LogP contribution in [0.25, 0.3) is 0 Å². The molecule has 1 unspecified atom stereocenters. The van der Waals surface area contributed by atoms with Crippen LogP contribution in [0.2, 0.25) is 0 Å². The van der Waals surface area contributed by atoms with Crippen LogP contribution in [0.3, 0.4) is 0 Å². The van der Waals surface area contributed by atoms with Crippen molar-refractivity contribution < 1.29 is 14.2 Å². The summed E-state index contributed by atoms with van der Waals surface area (Å²) in [7, 11) is 0. The van der Waals surface area contributed by atoms with Gasteiger partial charge in [-0.3, -0.25) is 0 Å². The van der Waals surface area contributed by atoms with E-state index in [1.807, 2.05) is 0 Å². The normalized spacial score (nSPS) is 12.5. The van der Waals surface area contributed by atoms with E-state index in [-0.39, 0.29) is 19.0 Å². The molecule has 0 radical (unpaired) electrons. The monoisotopic (exact) mass is 240 g/mol. The Morgan fingerprint density at radius 3 is 2.82 bits per heavy atom. The van der Waals surface area contributed by atoms with Crippen LogP contribution in [0.15, 0.2) is 18.2 Å². The fraction of sp³-hybridized carbons (Fsp3) is 0.571. The van der Waals surface area contributed by atoms with E-state index in [9.17, 15) is 4.39 Å². The molecule has 0 heterocycles. The Kier molecular flexibility index (Phi) is 5.98. The van der Waals surface area contributed by atoms with Crippen molar-refractivity contribution in [2.45, 2.75) is 33.1 Å². The Bertz CT molecular complexity index is 339. The Morgan fingerprint density at radius 2 is 2.18 bits per heavy atom. The molecule has 0 amide bonds. The molecule has 1 rings (SSSR count). The molecule has 0 bridgehead atoms. The molecule has 0 saturated carbocycles. The molecule has 3 heteroatoms. The molecule has 0 aliphatic carbocycles. The highest BCUT2D eigenvalue weighted by atomic mass is 19.1. The number of rotatable bonds is 7. The topological polar surface area (TPSA) is 29.5 Å². The van der Waals surface area contributed by atoms with Crippen molar-refractivity contribution in [1.82, 2.24) is 0 Å². The summed E-state index contributed by atoms with van der Waals surface area (Å²) in [5, 5.41) is 8.73. The van der Waals surface area contributed by atoms with Crippen LogP contribution in [-0.4, -0.2) is 18.3 Å². The maximum Gasteiger partial charge on any atom is 0.130 e. The highest BCUT2D eigenvalue weighted by Crippen LogP contribution is 2.24. The molecule has 0 aliphatic rings. The SMILES string of the molecule is CCC(C)CCc1c(F)cccc1OCCO. The lowest BCUT2D eigenvalue weighted by Crippen LogP contribution is -2.06. The molecule has 0 saturated heterocycles. The van der Waals surface area contributed by atoms with Crippen molar-refractivity contribution in [2.24, 2.45) is 5.92 Å². The van der Waals surface area contributed by atoms with Crippen LogP contribution in [0.1, 0.15) is 32.3 Å². The number of benzene rings is 1. The molecular weight excluding hydrogens is 219 g/mol. The molecular formula is C14H21FO2. The van der Waals surface area contributed by atoms with Gasteiger partial charge in [0.25, 0.3) is 0 Å². The minimum Gasteiger partial charge on any atom is -0.491 e. The van der Waals surface area contributed by atoms with Crippen LogP contribution in [0.5, 0.6) is 5.75 Å². The summed E-state index contributed by atoms with van der Waals surface area (Å²) in [6.45, 7) is 4.45. The van der Waals surface area contributed by atoms with Gasteiger partial charge in [-0.1, -0.05) is 26.3 Å². The summed E-state index contributed by atoms with van der Waals surface area (Å²) < 4.78 is 19.0. The Hall–Kier alpha value is -1.09. The third-order valence-corrected chi connectivity index (χ3v) is 3.01. The van der Waals surface area contributed by atoms with Gasteiger partial charge in [-0.15, -0.1) is 0 Å². The third-order valence-electron chi connectivity index (χ3n) is 3.01. The van der Waals surface area contributed by atoms with Crippen LogP contribution in [0, 0.1) is 11.7 Å². The fourth-order valence-corrected chi connectivity index (χ4v) is 1.67. The second kappa shape index (κ2) is 7.28. The fourth-order valence-electron chi connectivity index (χ4n) is 1.67. The summed E-state index contributed by atoms with van der Waals surface area (Å²) in [4.78, 5) is 0. The summed E-state index contributed by atoms with van der Waals surface area (Å²) >= 11 is 0. The number of hydrogen-bond donors (Lipinski definition) is 1. The van der Waals surface area contributed by atoms with Gasteiger partial charge in [0.2, 0.25) is 0 Å². The van der Waals surface area contributed by atoms with Crippen molar-refractivity contribution in [3.63, 3.8) is 0 Å². The summed E-state index contributed by atoms with van der Waals surface area (Å²) in [6, 6.07) is 4.84. The summed E-state index contributed by atoms with van der Waals surface area (Å²) in [6.07, 6.45) is 2.73. The molecule has 0 aliphatic heterocycles. The molecule has 1 N–H and O–H groups in total. The van der Waals surface area contributed by atoms with Crippen LogP contribution in [-0.2, 0) is 6.42 Å². The van der Waals surface area contributed by atoms with E-state index in [4.69, 9.17) is 9.84 Å². The Morgan fingerprint density at radius 1 is 1.41 bits per heavy atom. The molecule has 96 valence electrons. The van der Waals surface area contributed by atoms with Crippen molar-refractivity contribution in [3.05, 3.63) is 29.6 Å². The quantitative estimate of drug-likeness (QED) is 0.793. The van der Waals surface area contributed by atoms with Gasteiger partial charge >= 0.3 is 0 Å². The third kappa shape index (κ3) is 4.35. The average molecular weight is 240 g/mol. The highest BCUT2D eigenvalue weighted by molar-refractivity contribution is 5.34. The standard InChI is InChI=1S/C14H21FO2/c1-3-11(2)7-8-12-13(15)5-4-6-14(12)17-10-9-16/h4-6,11,16H,3,7-10H2,1-2H3. The van der Waals surface area contributed by atoms with E-state index >= 15 is 0 Å². The maximum absolute atomic E-state index is 13.7. The average Bonchev–Trinajstić information content (AvgIpc) is 2.34. The van der Waals surface area contributed by atoms with Crippen LogP contribution >= 0.6 is 0 Å². The van der Waals surface area contributed by atoms with E-state index < -0.39 is 0 Å². The van der Waals surface area contributed by atoms with E-state index in [0.717, 1.165) is 12.8 Å². The smallest absolute Gasteiger partial charge is 0.130 e. The lowest BCUT2D eigenvalue weighted by molar-refractivity contribution is 0.199. The minimum atomic E-state index is -0.219. The first-order valence-corrected chi connectivity index (χ1v) is 6.20. The first-order valence-electron chi connectivity index (χ1n) is 6.20. The van der Waals surface area contributed by atoms with E-state index in [1.54, 1.807) is 12.1 Å². The van der Waals surface area contributed by atoms with Crippen LogP contribution in [0.4, 0.5) is 4.39 Å². The summed E-state index contributed by atoms with van der Waals surface area (Å²) in [5.41, 5.74) is 0.626. The van der Waals surface area contributed by atoms with E-state index in [0.29, 0.717) is 23.7 Å². The molecule has 0 aromatic heterocycles. The van der Waals surface area contributed by atoms with Gasteiger partial charge in [0.05, 0.1) is 6.61 Å². The van der Waals surface area contributed by atoms with Crippen molar-refractivity contribution in [2.75, 3.05) is 13.2 Å². The predicted molar refractivity (Wildman–Crippen MR) is 66.8 cm³/mol. The first kappa shape index (κ1) is 14.0. The zero-order valence-electron chi connectivity index (χ0n) is 10.6.